The number of nitrogens with one attached hydrogen (secondary N) is 3. The summed E-state index contributed by atoms with van der Waals surface area (Å²) in [6.07, 6.45) is -5.21. The summed E-state index contributed by atoms with van der Waals surface area (Å²) < 4.78 is 50.3. The van der Waals surface area contributed by atoms with E-state index >= 15 is 0 Å². The summed E-state index contributed by atoms with van der Waals surface area (Å²) in [5.41, 5.74) is 1.17. The first-order valence-electron chi connectivity index (χ1n) is 14.6. The molecule has 0 saturated carbocycles. The maximum absolute atomic E-state index is 13.5. The molecule has 0 saturated heterocycles. The molecule has 4 rings (SSSR count). The SMILES string of the molecule is Cc1noc(C)c1NC(=O)Nc1ccc2c(c1)CC(=O)N([C@@H](C)CO)C[C@H](C)[C@H](CN(C)C(=O)Nc1ccc(C(F)(F)F)cc1)O2. The Bertz CT molecular complexity index is 1540. The van der Waals surface area contributed by atoms with Crippen LogP contribution in [0.25, 0.3) is 0 Å². The van der Waals surface area contributed by atoms with Gasteiger partial charge in [-0.2, -0.15) is 13.2 Å². The molecule has 1 aliphatic rings. The van der Waals surface area contributed by atoms with Crippen molar-refractivity contribution in [2.45, 2.75) is 52.4 Å². The standard InChI is InChI=1S/C31H37F3N6O6/c1-17-14-40(18(2)16-41)27(42)13-21-12-24(35-29(43)37-28-19(3)38-46-20(28)4)10-11-25(21)45-26(17)15-39(5)30(44)36-23-8-6-22(7-9-23)31(32,33)34/h6-12,17-18,26,41H,13-16H2,1-5H3,(H,36,44)(H2,35,37,43)/t17-,18-,26-/m0/s1. The van der Waals surface area contributed by atoms with E-state index in [2.05, 4.69) is 21.1 Å². The number of benzene rings is 2. The Kier molecular flexibility index (Phi) is 10.5. The van der Waals surface area contributed by atoms with Crippen LogP contribution < -0.4 is 20.7 Å². The highest BCUT2D eigenvalue weighted by atomic mass is 19.4. The molecule has 3 atom stereocenters. The smallest absolute Gasteiger partial charge is 0.416 e. The molecular formula is C31H37F3N6O6. The van der Waals surface area contributed by atoms with Crippen LogP contribution in [0.3, 0.4) is 0 Å². The van der Waals surface area contributed by atoms with Crippen LogP contribution in [0.5, 0.6) is 5.75 Å². The predicted molar refractivity (Wildman–Crippen MR) is 164 cm³/mol. The number of carbonyl (C=O) groups excluding carboxylic acids is 3. The summed E-state index contributed by atoms with van der Waals surface area (Å²) >= 11 is 0. The van der Waals surface area contributed by atoms with Crippen molar-refractivity contribution < 1.29 is 41.9 Å². The first-order valence-corrected chi connectivity index (χ1v) is 14.6. The third-order valence-corrected chi connectivity index (χ3v) is 7.71. The molecule has 5 amide bonds. The maximum Gasteiger partial charge on any atom is 0.416 e. The van der Waals surface area contributed by atoms with Crippen molar-refractivity contribution >= 4 is 35.0 Å². The highest BCUT2D eigenvalue weighted by Crippen LogP contribution is 2.31. The van der Waals surface area contributed by atoms with Gasteiger partial charge in [0.2, 0.25) is 5.91 Å². The summed E-state index contributed by atoms with van der Waals surface area (Å²) in [5, 5.41) is 21.7. The number of hydrogen-bond acceptors (Lipinski definition) is 7. The van der Waals surface area contributed by atoms with Crippen molar-refractivity contribution in [2.75, 3.05) is 42.7 Å². The van der Waals surface area contributed by atoms with Gasteiger partial charge in [0.25, 0.3) is 0 Å². The van der Waals surface area contributed by atoms with E-state index in [9.17, 15) is 32.7 Å². The normalized spacial score (nSPS) is 17.5. The van der Waals surface area contributed by atoms with E-state index < -0.39 is 35.9 Å². The van der Waals surface area contributed by atoms with E-state index in [0.29, 0.717) is 34.1 Å². The number of aliphatic hydroxyl groups excluding tert-OH is 1. The average molecular weight is 647 g/mol. The Morgan fingerprint density at radius 3 is 2.39 bits per heavy atom. The number of urea groups is 2. The minimum atomic E-state index is -4.50. The summed E-state index contributed by atoms with van der Waals surface area (Å²) in [6.45, 7) is 6.95. The van der Waals surface area contributed by atoms with Crippen LogP contribution >= 0.6 is 0 Å². The molecule has 46 heavy (non-hydrogen) atoms. The van der Waals surface area contributed by atoms with Crippen LogP contribution in [0.15, 0.2) is 47.0 Å². The van der Waals surface area contributed by atoms with Crippen molar-refractivity contribution in [2.24, 2.45) is 5.92 Å². The number of likely N-dealkylation sites (N-methyl/N-ethyl adjacent to an activating group) is 1. The van der Waals surface area contributed by atoms with Crippen LogP contribution in [-0.4, -0.2) is 76.9 Å². The van der Waals surface area contributed by atoms with Gasteiger partial charge in [-0.05, 0) is 63.2 Å². The van der Waals surface area contributed by atoms with Crippen LogP contribution in [0.2, 0.25) is 0 Å². The zero-order chi connectivity index (χ0) is 33.8. The molecule has 15 heteroatoms. The number of fused-ring (bicyclic) bond motifs is 1. The van der Waals surface area contributed by atoms with Crippen LogP contribution in [0.1, 0.15) is 36.4 Å². The van der Waals surface area contributed by atoms with E-state index in [1.165, 1.54) is 24.1 Å². The zero-order valence-corrected chi connectivity index (χ0v) is 26.1. The van der Waals surface area contributed by atoms with E-state index in [1.54, 1.807) is 43.9 Å². The van der Waals surface area contributed by atoms with Crippen LogP contribution in [0.4, 0.5) is 39.8 Å². The number of alkyl halides is 3. The molecule has 2 heterocycles. The number of anilines is 3. The Hall–Kier alpha value is -4.79. The monoisotopic (exact) mass is 646 g/mol. The van der Waals surface area contributed by atoms with Gasteiger partial charge in [-0.1, -0.05) is 12.1 Å². The summed E-state index contributed by atoms with van der Waals surface area (Å²) in [6, 6.07) is 7.35. The van der Waals surface area contributed by atoms with Gasteiger partial charge in [0, 0.05) is 36.4 Å². The fraction of sp³-hybridized carbons (Fsp3) is 0.419. The van der Waals surface area contributed by atoms with Crippen molar-refractivity contribution in [1.82, 2.24) is 15.0 Å². The predicted octanol–water partition coefficient (Wildman–Crippen LogP) is 5.27. The van der Waals surface area contributed by atoms with Gasteiger partial charge in [0.05, 0.1) is 31.2 Å². The fourth-order valence-electron chi connectivity index (χ4n) is 4.98. The number of halogens is 3. The van der Waals surface area contributed by atoms with Crippen molar-refractivity contribution in [3.63, 3.8) is 0 Å². The zero-order valence-electron chi connectivity index (χ0n) is 26.1. The molecule has 0 aliphatic carbocycles. The molecular weight excluding hydrogens is 609 g/mol. The molecule has 0 fully saturated rings. The lowest BCUT2D eigenvalue weighted by atomic mass is 10.0. The maximum atomic E-state index is 13.5. The van der Waals surface area contributed by atoms with Crippen LogP contribution in [-0.2, 0) is 17.4 Å². The van der Waals surface area contributed by atoms with Gasteiger partial charge in [0.1, 0.15) is 23.2 Å². The average Bonchev–Trinajstić information content (AvgIpc) is 3.33. The Labute approximate surface area is 263 Å². The molecule has 248 valence electrons. The molecule has 4 N–H and O–H groups in total. The molecule has 0 radical (unpaired) electrons. The van der Waals surface area contributed by atoms with Gasteiger partial charge in [-0.15, -0.1) is 0 Å². The summed E-state index contributed by atoms with van der Waals surface area (Å²) in [7, 11) is 1.52. The molecule has 0 bridgehead atoms. The quantitative estimate of drug-likeness (QED) is 0.273. The van der Waals surface area contributed by atoms with Gasteiger partial charge < -0.3 is 40.1 Å². The number of amides is 5. The summed E-state index contributed by atoms with van der Waals surface area (Å²) in [4.78, 5) is 42.1. The van der Waals surface area contributed by atoms with Crippen molar-refractivity contribution in [1.29, 1.82) is 0 Å². The number of aryl methyl sites for hydroxylation is 2. The largest absolute Gasteiger partial charge is 0.488 e. The Morgan fingerprint density at radius 1 is 1.11 bits per heavy atom. The molecule has 2 aromatic carbocycles. The number of aromatic nitrogens is 1. The number of carbonyl (C=O) groups is 3. The third kappa shape index (κ3) is 8.27. The first-order chi connectivity index (χ1) is 21.7. The van der Waals surface area contributed by atoms with Crippen LogP contribution in [0, 0.1) is 19.8 Å². The van der Waals surface area contributed by atoms with E-state index in [1.807, 2.05) is 6.92 Å². The Balaban J connectivity index is 1.54. The number of ether oxygens (including phenoxy) is 1. The minimum Gasteiger partial charge on any atom is -0.488 e. The minimum absolute atomic E-state index is 0.0580. The number of hydrogen-bond donors (Lipinski definition) is 4. The second kappa shape index (κ2) is 14.1. The lowest BCUT2D eigenvalue weighted by Gasteiger charge is -2.34. The first kappa shape index (κ1) is 34.1. The molecule has 1 aliphatic heterocycles. The molecule has 0 unspecified atom stereocenters. The van der Waals surface area contributed by atoms with E-state index in [4.69, 9.17) is 9.26 Å². The van der Waals surface area contributed by atoms with Gasteiger partial charge in [-0.25, -0.2) is 9.59 Å². The molecule has 12 nitrogen and oxygen atoms in total. The molecule has 3 aromatic rings. The van der Waals surface area contributed by atoms with Crippen molar-refractivity contribution in [3.05, 3.63) is 65.0 Å². The third-order valence-electron chi connectivity index (χ3n) is 7.71. The highest BCUT2D eigenvalue weighted by molar-refractivity contribution is 6.00. The lowest BCUT2D eigenvalue weighted by molar-refractivity contribution is -0.137. The van der Waals surface area contributed by atoms with E-state index in [-0.39, 0.29) is 43.6 Å². The van der Waals surface area contributed by atoms with Crippen molar-refractivity contribution in [3.8, 4) is 5.75 Å². The number of nitrogens with zero attached hydrogens (tertiary/aromatic N) is 3. The second-order valence-corrected chi connectivity index (χ2v) is 11.4. The molecule has 0 spiro atoms. The topological polar surface area (TPSA) is 149 Å². The van der Waals surface area contributed by atoms with Gasteiger partial charge in [-0.3, -0.25) is 4.79 Å². The lowest BCUT2D eigenvalue weighted by Crippen LogP contribution is -2.48. The fourth-order valence-corrected chi connectivity index (χ4v) is 4.98. The van der Waals surface area contributed by atoms with Gasteiger partial charge in [0.15, 0.2) is 5.76 Å². The highest BCUT2D eigenvalue weighted by Gasteiger charge is 2.33. The molecule has 1 aromatic heterocycles. The number of aliphatic hydroxyl groups is 1. The number of rotatable bonds is 7. The second-order valence-electron chi connectivity index (χ2n) is 11.4. The van der Waals surface area contributed by atoms with Gasteiger partial charge >= 0.3 is 18.2 Å². The Morgan fingerprint density at radius 2 is 1.78 bits per heavy atom. The van der Waals surface area contributed by atoms with E-state index in [0.717, 1.165) is 12.1 Å². The summed E-state index contributed by atoms with van der Waals surface area (Å²) in [5.74, 6) is 0.239.